The summed E-state index contributed by atoms with van der Waals surface area (Å²) in [6.07, 6.45) is 0.640. The average molecular weight is 685 g/mol. The van der Waals surface area contributed by atoms with Gasteiger partial charge in [0.15, 0.2) is 0 Å². The Kier molecular flexibility index (Phi) is 22.2. The van der Waals surface area contributed by atoms with E-state index in [1.165, 1.54) is 7.05 Å². The number of likely N-dealkylation sites (N-methyl/N-ethyl adjacent to an activating group) is 1. The van der Waals surface area contributed by atoms with Crippen LogP contribution >= 0.6 is 15.9 Å². The van der Waals surface area contributed by atoms with E-state index in [4.69, 9.17) is 14.6 Å². The molecule has 0 saturated carbocycles. The van der Waals surface area contributed by atoms with Crippen LogP contribution in [0.5, 0.6) is 0 Å². The highest BCUT2D eigenvalue weighted by Crippen LogP contribution is 2.03. The first-order valence-electron chi connectivity index (χ1n) is 13.6. The highest BCUT2D eigenvalue weighted by atomic mass is 79.9. The van der Waals surface area contributed by atoms with Crippen molar-refractivity contribution in [2.24, 2.45) is 0 Å². The molecular formula is C25H42BrN5O12. The Morgan fingerprint density at radius 2 is 1.16 bits per heavy atom. The molecule has 0 fully saturated rings. The number of carbonyl (C=O) groups is 7. The quantitative estimate of drug-likeness (QED) is 0.0370. The summed E-state index contributed by atoms with van der Waals surface area (Å²) >= 11 is 3.02. The van der Waals surface area contributed by atoms with Crippen LogP contribution < -0.4 is 26.6 Å². The molecular weight excluding hydrogens is 642 g/mol. The van der Waals surface area contributed by atoms with Crippen molar-refractivity contribution in [3.63, 3.8) is 0 Å². The van der Waals surface area contributed by atoms with Gasteiger partial charge in [-0.25, -0.2) is 9.59 Å². The maximum atomic E-state index is 12.0. The van der Waals surface area contributed by atoms with E-state index >= 15 is 0 Å². The molecule has 0 spiro atoms. The van der Waals surface area contributed by atoms with Gasteiger partial charge in [0.1, 0.15) is 24.7 Å². The zero-order valence-electron chi connectivity index (χ0n) is 24.0. The number of carboxylic acids is 3. The number of nitrogens with one attached hydrogen (secondary N) is 5. The lowest BCUT2D eigenvalue weighted by atomic mass is 10.1. The van der Waals surface area contributed by atoms with Crippen molar-refractivity contribution in [3.8, 4) is 0 Å². The topological polar surface area (TPSA) is 259 Å². The second-order valence-corrected chi connectivity index (χ2v) is 9.73. The number of aliphatic carboxylic acids is 3. The zero-order chi connectivity index (χ0) is 32.6. The molecule has 0 heterocycles. The third kappa shape index (κ3) is 21.1. The van der Waals surface area contributed by atoms with E-state index in [0.717, 1.165) is 0 Å². The monoisotopic (exact) mass is 683 g/mol. The molecule has 4 amide bonds. The van der Waals surface area contributed by atoms with Gasteiger partial charge in [0.25, 0.3) is 0 Å². The molecule has 0 aliphatic rings. The van der Waals surface area contributed by atoms with Gasteiger partial charge in [-0.1, -0.05) is 15.9 Å². The predicted molar refractivity (Wildman–Crippen MR) is 153 cm³/mol. The van der Waals surface area contributed by atoms with Crippen LogP contribution in [0, 0.1) is 0 Å². The number of halogens is 1. The Morgan fingerprint density at radius 1 is 0.628 bits per heavy atom. The number of alkyl halides is 1. The van der Waals surface area contributed by atoms with Crippen molar-refractivity contribution in [2.75, 3.05) is 51.9 Å². The van der Waals surface area contributed by atoms with Gasteiger partial charge in [0.05, 0.1) is 25.2 Å². The normalized spacial score (nSPS) is 12.8. The molecule has 0 rings (SSSR count). The van der Waals surface area contributed by atoms with E-state index in [2.05, 4.69) is 42.5 Å². The Balaban J connectivity index is 4.04. The lowest BCUT2D eigenvalue weighted by Crippen LogP contribution is -2.43. The fourth-order valence-electron chi connectivity index (χ4n) is 3.44. The summed E-state index contributed by atoms with van der Waals surface area (Å²) in [6, 6.07) is -3.34. The Bertz CT molecular complexity index is 923. The van der Waals surface area contributed by atoms with Crippen molar-refractivity contribution in [1.82, 2.24) is 26.6 Å². The van der Waals surface area contributed by atoms with Crippen molar-refractivity contribution in [1.29, 1.82) is 0 Å². The second kappa shape index (κ2) is 24.1. The average Bonchev–Trinajstić information content (AvgIpc) is 2.95. The summed E-state index contributed by atoms with van der Waals surface area (Å²) < 4.78 is 10.4. The van der Waals surface area contributed by atoms with E-state index in [1.54, 1.807) is 0 Å². The van der Waals surface area contributed by atoms with Crippen LogP contribution in [0.15, 0.2) is 0 Å². The third-order valence-corrected chi connectivity index (χ3v) is 6.28. The number of hydrogen-bond acceptors (Lipinski definition) is 10. The Labute approximate surface area is 257 Å². The van der Waals surface area contributed by atoms with Gasteiger partial charge in [-0.2, -0.15) is 0 Å². The molecule has 0 aromatic heterocycles. The minimum atomic E-state index is -1.33. The summed E-state index contributed by atoms with van der Waals surface area (Å²) in [6.45, 7) is 0.377. The van der Waals surface area contributed by atoms with E-state index in [-0.39, 0.29) is 76.3 Å². The molecule has 0 radical (unpaired) electrons. The minimum Gasteiger partial charge on any atom is -0.480 e. The third-order valence-electron chi connectivity index (χ3n) is 5.77. The molecule has 0 aliphatic heterocycles. The summed E-state index contributed by atoms with van der Waals surface area (Å²) in [7, 11) is 1.43. The van der Waals surface area contributed by atoms with Gasteiger partial charge in [-0.05, 0) is 39.2 Å². The molecule has 246 valence electrons. The van der Waals surface area contributed by atoms with Gasteiger partial charge in [-0.15, -0.1) is 0 Å². The van der Waals surface area contributed by atoms with Crippen LogP contribution in [-0.4, -0.2) is 127 Å². The second-order valence-electron chi connectivity index (χ2n) is 9.17. The molecule has 0 saturated heterocycles. The van der Waals surface area contributed by atoms with Crippen LogP contribution in [0.25, 0.3) is 0 Å². The summed E-state index contributed by atoms with van der Waals surface area (Å²) in [5, 5.41) is 40.1. The molecule has 17 nitrogen and oxygen atoms in total. The molecule has 0 aromatic rings. The highest BCUT2D eigenvalue weighted by molar-refractivity contribution is 9.09. The fraction of sp³-hybridized carbons (Fsp3) is 0.720. The van der Waals surface area contributed by atoms with Crippen LogP contribution in [0.3, 0.4) is 0 Å². The number of hydrogen-bond donors (Lipinski definition) is 8. The number of rotatable bonds is 26. The Hall–Kier alpha value is -3.35. The summed E-state index contributed by atoms with van der Waals surface area (Å²) in [5.41, 5.74) is 0. The van der Waals surface area contributed by atoms with Crippen molar-refractivity contribution in [3.05, 3.63) is 0 Å². The first-order valence-corrected chi connectivity index (χ1v) is 14.7. The SMILES string of the molecule is CN[C@@H](CCC(=O)NC(CCC(=O)NCCOCCOCC(=O)N[C@@H](CCCCNC(=O)CBr)C(=O)O)C(=O)O)C(=O)O. The van der Waals surface area contributed by atoms with Crippen LogP contribution in [0.1, 0.15) is 44.9 Å². The molecule has 0 aromatic carbocycles. The molecule has 3 atom stereocenters. The fourth-order valence-corrected chi connectivity index (χ4v) is 3.64. The summed E-state index contributed by atoms with van der Waals surface area (Å²) in [5.74, 6) is -5.52. The molecule has 43 heavy (non-hydrogen) atoms. The number of ether oxygens (including phenoxy) is 2. The van der Waals surface area contributed by atoms with Gasteiger partial charge in [-0.3, -0.25) is 24.0 Å². The maximum Gasteiger partial charge on any atom is 0.326 e. The van der Waals surface area contributed by atoms with Crippen LogP contribution in [0.4, 0.5) is 0 Å². The van der Waals surface area contributed by atoms with Gasteiger partial charge < -0.3 is 51.4 Å². The first-order chi connectivity index (χ1) is 20.4. The number of amides is 4. The molecule has 0 bridgehead atoms. The van der Waals surface area contributed by atoms with Crippen molar-refractivity contribution >= 4 is 57.5 Å². The van der Waals surface area contributed by atoms with Crippen molar-refractivity contribution < 1.29 is 58.4 Å². The Morgan fingerprint density at radius 3 is 1.77 bits per heavy atom. The molecule has 18 heteroatoms. The minimum absolute atomic E-state index is 0.0318. The summed E-state index contributed by atoms with van der Waals surface area (Å²) in [4.78, 5) is 80.8. The van der Waals surface area contributed by atoms with E-state index in [0.29, 0.717) is 19.4 Å². The van der Waals surface area contributed by atoms with E-state index < -0.39 is 53.8 Å². The van der Waals surface area contributed by atoms with Crippen LogP contribution in [0.2, 0.25) is 0 Å². The van der Waals surface area contributed by atoms with E-state index in [9.17, 15) is 43.8 Å². The number of carbonyl (C=O) groups excluding carboxylic acids is 4. The lowest BCUT2D eigenvalue weighted by Gasteiger charge is -2.16. The predicted octanol–water partition coefficient (Wildman–Crippen LogP) is -1.81. The lowest BCUT2D eigenvalue weighted by molar-refractivity contribution is -0.143. The highest BCUT2D eigenvalue weighted by Gasteiger charge is 2.23. The number of carboxylic acid groups (broad SMARTS) is 3. The maximum absolute atomic E-state index is 12.0. The van der Waals surface area contributed by atoms with E-state index in [1.807, 2.05) is 0 Å². The first kappa shape index (κ1) is 39.6. The van der Waals surface area contributed by atoms with Gasteiger partial charge >= 0.3 is 17.9 Å². The zero-order valence-corrected chi connectivity index (χ0v) is 25.6. The smallest absolute Gasteiger partial charge is 0.326 e. The standard InChI is InChI=1S/C25H42BrN5O12/c1-27-16(23(36)37)5-8-20(33)30-18(25(40)41)6-7-19(32)29-10-11-42-12-13-43-15-22(35)31-17(24(38)39)4-2-3-9-28-21(34)14-26/h16-18,27H,2-15H2,1H3,(H,28,34)(H,29,32)(H,30,33)(H,31,35)(H,36,37)(H,38,39)(H,40,41)/t16-,17-,18?/m0/s1. The number of unbranched alkanes of at least 4 members (excludes halogenated alkanes) is 1. The molecule has 1 unspecified atom stereocenters. The largest absolute Gasteiger partial charge is 0.480 e. The molecule has 8 N–H and O–H groups in total. The van der Waals surface area contributed by atoms with Crippen molar-refractivity contribution in [2.45, 2.75) is 63.1 Å². The molecule has 0 aliphatic carbocycles. The van der Waals surface area contributed by atoms with Gasteiger partial charge in [0.2, 0.25) is 23.6 Å². The van der Waals surface area contributed by atoms with Crippen LogP contribution in [-0.2, 0) is 43.0 Å². The van der Waals surface area contributed by atoms with Gasteiger partial charge in [0, 0.05) is 25.9 Å².